The molecular weight excluding hydrogens is 358 g/mol. The number of hydrogen-bond donors (Lipinski definition) is 0. The van der Waals surface area contributed by atoms with E-state index in [9.17, 15) is 4.79 Å². The van der Waals surface area contributed by atoms with Crippen LogP contribution in [0.25, 0.3) is 22.1 Å². The lowest BCUT2D eigenvalue weighted by molar-refractivity contribution is 0.0968. The molecule has 1 aliphatic heterocycles. The Morgan fingerprint density at radius 1 is 1.14 bits per heavy atom. The first kappa shape index (κ1) is 19.9. The van der Waals surface area contributed by atoms with Crippen LogP contribution >= 0.6 is 0 Å². The molecule has 0 N–H and O–H groups in total. The van der Waals surface area contributed by atoms with E-state index in [1.165, 1.54) is 19.4 Å². The Labute approximate surface area is 173 Å². The van der Waals surface area contributed by atoms with Crippen molar-refractivity contribution in [3.05, 3.63) is 59.9 Å². The van der Waals surface area contributed by atoms with Crippen molar-refractivity contribution in [1.82, 2.24) is 4.90 Å². The van der Waals surface area contributed by atoms with E-state index in [1.807, 2.05) is 18.2 Å². The topological polar surface area (TPSA) is 33.5 Å². The smallest absolute Gasteiger partial charge is 0.163 e. The summed E-state index contributed by atoms with van der Waals surface area (Å²) in [6, 6.07) is 17.2. The molecule has 3 aromatic rings. The molecule has 0 aliphatic carbocycles. The molecule has 0 amide bonds. The summed E-state index contributed by atoms with van der Waals surface area (Å²) in [6.45, 7) is 8.75. The molecule has 1 fully saturated rings. The van der Waals surface area contributed by atoms with Crippen LogP contribution in [0.1, 0.15) is 56.2 Å². The number of hydrogen-bond acceptors (Lipinski definition) is 3. The number of fused-ring (bicyclic) bond motifs is 1. The lowest BCUT2D eigenvalue weighted by atomic mass is 9.97. The van der Waals surface area contributed by atoms with Gasteiger partial charge in [0, 0.05) is 36.4 Å². The molecule has 0 bridgehead atoms. The molecule has 29 heavy (non-hydrogen) atoms. The first-order valence-corrected chi connectivity index (χ1v) is 10.9. The van der Waals surface area contributed by atoms with E-state index in [2.05, 4.69) is 56.0 Å². The van der Waals surface area contributed by atoms with Crippen LogP contribution in [0.5, 0.6) is 0 Å². The highest BCUT2D eigenvalue weighted by Gasteiger charge is 2.20. The van der Waals surface area contributed by atoms with Crippen molar-refractivity contribution >= 4 is 16.8 Å². The summed E-state index contributed by atoms with van der Waals surface area (Å²) in [5, 5.41) is 1.13. The Morgan fingerprint density at radius 2 is 1.97 bits per heavy atom. The number of nitrogens with zero attached hydrogens (tertiary/aromatic N) is 1. The van der Waals surface area contributed by atoms with Gasteiger partial charge in [0.1, 0.15) is 11.3 Å². The zero-order chi connectivity index (χ0) is 20.4. The van der Waals surface area contributed by atoms with Crippen molar-refractivity contribution in [2.75, 3.05) is 13.1 Å². The molecule has 3 heteroatoms. The maximum absolute atomic E-state index is 12.4. The van der Waals surface area contributed by atoms with Gasteiger partial charge in [-0.3, -0.25) is 4.79 Å². The Kier molecular flexibility index (Phi) is 5.86. The van der Waals surface area contributed by atoms with E-state index in [-0.39, 0.29) is 5.78 Å². The van der Waals surface area contributed by atoms with E-state index in [0.29, 0.717) is 18.4 Å². The van der Waals surface area contributed by atoms with Crippen LogP contribution in [0.3, 0.4) is 0 Å². The SMILES string of the molecule is CC(C)CC(=O)c1cccc(-c2ccc3oc(CCN4CCC[C@H]4C)cc3c2)c1. The van der Waals surface area contributed by atoms with Gasteiger partial charge < -0.3 is 9.32 Å². The molecular formula is C26H31NO2. The van der Waals surface area contributed by atoms with Crippen LogP contribution < -0.4 is 0 Å². The monoisotopic (exact) mass is 389 g/mol. The van der Waals surface area contributed by atoms with E-state index >= 15 is 0 Å². The van der Waals surface area contributed by atoms with E-state index in [4.69, 9.17) is 4.42 Å². The summed E-state index contributed by atoms with van der Waals surface area (Å²) in [5.41, 5.74) is 3.93. The van der Waals surface area contributed by atoms with Crippen LogP contribution in [-0.2, 0) is 6.42 Å². The summed E-state index contributed by atoms with van der Waals surface area (Å²) in [5.74, 6) is 1.64. The van der Waals surface area contributed by atoms with Gasteiger partial charge in [0.15, 0.2) is 5.78 Å². The number of carbonyl (C=O) groups excluding carboxylic acids is 1. The first-order chi connectivity index (χ1) is 14.0. The molecule has 2 aromatic carbocycles. The molecule has 0 radical (unpaired) electrons. The normalized spacial score (nSPS) is 17.4. The molecule has 1 saturated heterocycles. The second kappa shape index (κ2) is 8.54. The average Bonchev–Trinajstić information content (AvgIpc) is 3.30. The zero-order valence-electron chi connectivity index (χ0n) is 17.8. The minimum Gasteiger partial charge on any atom is -0.461 e. The third kappa shape index (κ3) is 4.62. The van der Waals surface area contributed by atoms with Crippen molar-refractivity contribution in [1.29, 1.82) is 0 Å². The van der Waals surface area contributed by atoms with Crippen molar-refractivity contribution in [3.8, 4) is 11.1 Å². The number of Topliss-reactive ketones (excluding diaryl/α,β-unsaturated/α-hetero) is 1. The fourth-order valence-corrected chi connectivity index (χ4v) is 4.34. The highest BCUT2D eigenvalue weighted by Crippen LogP contribution is 2.28. The van der Waals surface area contributed by atoms with E-state index < -0.39 is 0 Å². The lowest BCUT2D eigenvalue weighted by Gasteiger charge is -2.19. The minimum atomic E-state index is 0.213. The van der Waals surface area contributed by atoms with Crippen molar-refractivity contribution < 1.29 is 9.21 Å². The van der Waals surface area contributed by atoms with E-state index in [1.54, 1.807) is 0 Å². The van der Waals surface area contributed by atoms with Gasteiger partial charge in [-0.2, -0.15) is 0 Å². The maximum Gasteiger partial charge on any atom is 0.163 e. The predicted molar refractivity (Wildman–Crippen MR) is 119 cm³/mol. The fourth-order valence-electron chi connectivity index (χ4n) is 4.34. The highest BCUT2D eigenvalue weighted by molar-refractivity contribution is 5.97. The first-order valence-electron chi connectivity index (χ1n) is 10.9. The summed E-state index contributed by atoms with van der Waals surface area (Å²) in [6.07, 6.45) is 4.16. The molecule has 2 heterocycles. The Morgan fingerprint density at radius 3 is 2.72 bits per heavy atom. The summed E-state index contributed by atoms with van der Waals surface area (Å²) in [4.78, 5) is 15.0. The predicted octanol–water partition coefficient (Wildman–Crippen LogP) is 6.36. The highest BCUT2D eigenvalue weighted by atomic mass is 16.3. The molecule has 1 atom stereocenters. The third-order valence-electron chi connectivity index (χ3n) is 6.01. The Balaban J connectivity index is 1.52. The Bertz CT molecular complexity index is 1000. The van der Waals surface area contributed by atoms with Gasteiger partial charge in [0.2, 0.25) is 0 Å². The minimum absolute atomic E-state index is 0.213. The van der Waals surface area contributed by atoms with Crippen LogP contribution in [0, 0.1) is 5.92 Å². The Hall–Kier alpha value is -2.39. The van der Waals surface area contributed by atoms with Gasteiger partial charge in [-0.15, -0.1) is 0 Å². The number of ketones is 1. The number of rotatable bonds is 7. The molecule has 4 rings (SSSR count). The van der Waals surface area contributed by atoms with E-state index in [0.717, 1.165) is 46.4 Å². The van der Waals surface area contributed by atoms with Gasteiger partial charge >= 0.3 is 0 Å². The van der Waals surface area contributed by atoms with Crippen molar-refractivity contribution in [2.45, 2.75) is 52.5 Å². The largest absolute Gasteiger partial charge is 0.461 e. The second-order valence-electron chi connectivity index (χ2n) is 8.84. The number of likely N-dealkylation sites (tertiary alicyclic amines) is 1. The summed E-state index contributed by atoms with van der Waals surface area (Å²) in [7, 11) is 0. The number of furan rings is 1. The third-order valence-corrected chi connectivity index (χ3v) is 6.01. The number of benzene rings is 2. The maximum atomic E-state index is 12.4. The molecule has 152 valence electrons. The quantitative estimate of drug-likeness (QED) is 0.441. The molecule has 0 saturated carbocycles. The van der Waals surface area contributed by atoms with Crippen LogP contribution in [0.15, 0.2) is 52.9 Å². The van der Waals surface area contributed by atoms with Crippen molar-refractivity contribution in [2.24, 2.45) is 5.92 Å². The molecule has 3 nitrogen and oxygen atoms in total. The summed E-state index contributed by atoms with van der Waals surface area (Å²) >= 11 is 0. The van der Waals surface area contributed by atoms with Crippen molar-refractivity contribution in [3.63, 3.8) is 0 Å². The van der Waals surface area contributed by atoms with Gasteiger partial charge in [-0.25, -0.2) is 0 Å². The number of carbonyl (C=O) groups is 1. The molecule has 0 spiro atoms. The van der Waals surface area contributed by atoms with Crippen LogP contribution in [0.2, 0.25) is 0 Å². The fraction of sp³-hybridized carbons (Fsp3) is 0.423. The molecule has 0 unspecified atom stereocenters. The van der Waals surface area contributed by atoms with Gasteiger partial charge in [-0.1, -0.05) is 38.1 Å². The standard InChI is InChI=1S/C26H31NO2/c1-18(2)14-25(28)22-8-4-7-20(15-22)21-9-10-26-23(16-21)17-24(29-26)11-13-27-12-5-6-19(27)3/h4,7-10,15-19H,5-6,11-14H2,1-3H3/t19-/m1/s1. The van der Waals surface area contributed by atoms with Crippen LogP contribution in [0.4, 0.5) is 0 Å². The van der Waals surface area contributed by atoms with Crippen LogP contribution in [-0.4, -0.2) is 29.8 Å². The zero-order valence-corrected chi connectivity index (χ0v) is 17.8. The average molecular weight is 390 g/mol. The van der Waals surface area contributed by atoms with Gasteiger partial charge in [0.05, 0.1) is 0 Å². The molecule has 1 aliphatic rings. The van der Waals surface area contributed by atoms with Gasteiger partial charge in [0.25, 0.3) is 0 Å². The van der Waals surface area contributed by atoms with Gasteiger partial charge in [-0.05, 0) is 67.6 Å². The summed E-state index contributed by atoms with van der Waals surface area (Å²) < 4.78 is 6.08. The second-order valence-corrected chi connectivity index (χ2v) is 8.84. The molecule has 1 aromatic heterocycles. The lowest BCUT2D eigenvalue weighted by Crippen LogP contribution is -2.28.